The van der Waals surface area contributed by atoms with E-state index in [0.717, 1.165) is 45.3 Å². The number of amides is 1. The van der Waals surface area contributed by atoms with Crippen molar-refractivity contribution in [1.82, 2.24) is 10.2 Å². The summed E-state index contributed by atoms with van der Waals surface area (Å²) in [4.78, 5) is 15.3. The topological polar surface area (TPSA) is 41.6 Å². The van der Waals surface area contributed by atoms with Crippen molar-refractivity contribution in [2.24, 2.45) is 11.3 Å². The number of hydrogen-bond acceptors (Lipinski definition) is 3. The summed E-state index contributed by atoms with van der Waals surface area (Å²) in [5.74, 6) is 0.526. The average molecular weight is 433 g/mol. The first-order valence-corrected chi connectivity index (χ1v) is 12.3. The van der Waals surface area contributed by atoms with Crippen LogP contribution in [0, 0.1) is 18.3 Å². The highest BCUT2D eigenvalue weighted by atomic mass is 16.6. The lowest BCUT2D eigenvalue weighted by atomic mass is 9.85. The lowest BCUT2D eigenvalue weighted by Crippen LogP contribution is -2.53. The van der Waals surface area contributed by atoms with Gasteiger partial charge < -0.3 is 10.1 Å². The smallest absolute Gasteiger partial charge is 0.407 e. The number of rotatable bonds is 4. The molecule has 4 aliphatic rings. The van der Waals surface area contributed by atoms with Crippen molar-refractivity contribution in [3.63, 3.8) is 0 Å². The first kappa shape index (κ1) is 21.5. The van der Waals surface area contributed by atoms with Crippen LogP contribution in [0.25, 0.3) is 11.1 Å². The fraction of sp³-hybridized carbons (Fsp3) is 0.536. The Labute approximate surface area is 192 Å². The summed E-state index contributed by atoms with van der Waals surface area (Å²) in [5.41, 5.74) is 7.70. The van der Waals surface area contributed by atoms with Crippen molar-refractivity contribution < 1.29 is 9.53 Å². The van der Waals surface area contributed by atoms with Gasteiger partial charge in [-0.1, -0.05) is 57.2 Å². The molecule has 0 radical (unpaired) electrons. The molecule has 0 saturated carbocycles. The summed E-state index contributed by atoms with van der Waals surface area (Å²) in [5, 5.41) is 3.25. The Hall–Kier alpha value is -2.33. The molecular formula is C28H36N2O2. The number of carbonyl (C=O) groups is 1. The lowest BCUT2D eigenvalue weighted by Gasteiger charge is -2.44. The van der Waals surface area contributed by atoms with E-state index in [-0.39, 0.29) is 23.7 Å². The number of aryl methyl sites for hydroxylation is 2. The SMILES string of the molecule is CCc1ccc(-c2cc3c(cc2C)[C@H](NC(=O)O[C@H]2CN4CCC2CC4)C(C)(C)C3)cc1. The van der Waals surface area contributed by atoms with Crippen molar-refractivity contribution in [1.29, 1.82) is 0 Å². The van der Waals surface area contributed by atoms with Gasteiger partial charge >= 0.3 is 6.09 Å². The molecule has 3 saturated heterocycles. The highest BCUT2D eigenvalue weighted by molar-refractivity contribution is 5.72. The number of ether oxygens (including phenoxy) is 1. The van der Waals surface area contributed by atoms with E-state index < -0.39 is 0 Å². The molecule has 0 unspecified atom stereocenters. The normalized spacial score (nSPS) is 27.8. The van der Waals surface area contributed by atoms with Crippen molar-refractivity contribution in [3.8, 4) is 11.1 Å². The molecule has 170 valence electrons. The third-order valence-electron chi connectivity index (χ3n) is 8.01. The van der Waals surface area contributed by atoms with Gasteiger partial charge in [0.2, 0.25) is 0 Å². The van der Waals surface area contributed by atoms with Crippen molar-refractivity contribution in [2.45, 2.75) is 65.5 Å². The Kier molecular flexibility index (Phi) is 5.53. The molecule has 0 spiro atoms. The molecule has 3 fully saturated rings. The van der Waals surface area contributed by atoms with Gasteiger partial charge in [0.25, 0.3) is 0 Å². The minimum absolute atomic E-state index is 0.0266. The van der Waals surface area contributed by atoms with Gasteiger partial charge in [0.15, 0.2) is 0 Å². The molecule has 0 aromatic heterocycles. The number of nitrogens with one attached hydrogen (secondary N) is 1. The van der Waals surface area contributed by atoms with E-state index in [1.165, 1.54) is 33.4 Å². The monoisotopic (exact) mass is 432 g/mol. The minimum Gasteiger partial charge on any atom is -0.445 e. The molecule has 1 amide bonds. The number of benzene rings is 2. The van der Waals surface area contributed by atoms with Crippen molar-refractivity contribution in [2.75, 3.05) is 19.6 Å². The standard InChI is InChI=1S/C28H36N2O2/c1-5-19-6-8-20(9-7-19)23-15-22-16-28(3,4)26(24(22)14-18(23)2)29-27(31)32-25-17-30-12-10-21(25)11-13-30/h6-9,14-15,21,25-26H,5,10-13,16-17H2,1-4H3,(H,29,31)/t25-,26-/m0/s1. The molecule has 6 rings (SSSR count). The molecule has 2 atom stereocenters. The summed E-state index contributed by atoms with van der Waals surface area (Å²) >= 11 is 0. The average Bonchev–Trinajstić information content (AvgIpc) is 3.03. The van der Waals surface area contributed by atoms with Crippen LogP contribution in [0.2, 0.25) is 0 Å². The molecule has 3 heterocycles. The third-order valence-corrected chi connectivity index (χ3v) is 8.01. The first-order valence-electron chi connectivity index (χ1n) is 12.3. The van der Waals surface area contributed by atoms with Crippen LogP contribution in [-0.4, -0.2) is 36.7 Å². The van der Waals surface area contributed by atoms with Crippen LogP contribution in [0.15, 0.2) is 36.4 Å². The van der Waals surface area contributed by atoms with Crippen LogP contribution < -0.4 is 5.32 Å². The van der Waals surface area contributed by atoms with Crippen LogP contribution >= 0.6 is 0 Å². The van der Waals surface area contributed by atoms with E-state index in [1.54, 1.807) is 0 Å². The fourth-order valence-corrected chi connectivity index (χ4v) is 6.05. The minimum atomic E-state index is -0.258. The van der Waals surface area contributed by atoms with Crippen molar-refractivity contribution >= 4 is 6.09 Å². The number of alkyl carbamates (subject to hydrolysis) is 1. The Morgan fingerprint density at radius 1 is 1.16 bits per heavy atom. The van der Waals surface area contributed by atoms with E-state index in [2.05, 4.69) is 74.3 Å². The molecular weight excluding hydrogens is 396 g/mol. The van der Waals surface area contributed by atoms with Crippen LogP contribution in [-0.2, 0) is 17.6 Å². The van der Waals surface area contributed by atoms with Crippen LogP contribution in [0.5, 0.6) is 0 Å². The van der Waals surface area contributed by atoms with Gasteiger partial charge in [-0.3, -0.25) is 4.90 Å². The Morgan fingerprint density at radius 2 is 1.88 bits per heavy atom. The second-order valence-corrected chi connectivity index (χ2v) is 10.7. The Morgan fingerprint density at radius 3 is 2.50 bits per heavy atom. The zero-order chi connectivity index (χ0) is 22.5. The molecule has 1 N–H and O–H groups in total. The Bertz CT molecular complexity index is 1000. The maximum atomic E-state index is 12.9. The first-order chi connectivity index (χ1) is 15.3. The van der Waals surface area contributed by atoms with E-state index in [0.29, 0.717) is 5.92 Å². The Balaban J connectivity index is 1.35. The fourth-order valence-electron chi connectivity index (χ4n) is 6.05. The summed E-state index contributed by atoms with van der Waals surface area (Å²) in [6.07, 6.45) is 4.09. The molecule has 4 nitrogen and oxygen atoms in total. The van der Waals surface area contributed by atoms with E-state index in [9.17, 15) is 4.79 Å². The number of hydrogen-bond donors (Lipinski definition) is 1. The lowest BCUT2D eigenvalue weighted by molar-refractivity contribution is -0.0348. The molecule has 2 aromatic rings. The molecule has 32 heavy (non-hydrogen) atoms. The highest BCUT2D eigenvalue weighted by Crippen LogP contribution is 2.47. The van der Waals surface area contributed by atoms with E-state index in [1.807, 2.05) is 0 Å². The second kappa shape index (κ2) is 8.22. The molecule has 2 bridgehead atoms. The van der Waals surface area contributed by atoms with Gasteiger partial charge in [-0.15, -0.1) is 0 Å². The zero-order valence-electron chi connectivity index (χ0n) is 19.9. The maximum absolute atomic E-state index is 12.9. The summed E-state index contributed by atoms with van der Waals surface area (Å²) in [6.45, 7) is 12.1. The van der Waals surface area contributed by atoms with E-state index in [4.69, 9.17) is 4.74 Å². The third kappa shape index (κ3) is 3.94. The molecule has 1 aliphatic carbocycles. The largest absolute Gasteiger partial charge is 0.445 e. The van der Waals surface area contributed by atoms with Crippen molar-refractivity contribution in [3.05, 3.63) is 58.7 Å². The van der Waals surface area contributed by atoms with Crippen LogP contribution in [0.3, 0.4) is 0 Å². The van der Waals surface area contributed by atoms with Crippen LogP contribution in [0.4, 0.5) is 4.79 Å². The quantitative estimate of drug-likeness (QED) is 0.677. The summed E-state index contributed by atoms with van der Waals surface area (Å²) < 4.78 is 5.95. The van der Waals surface area contributed by atoms with Gasteiger partial charge in [0.1, 0.15) is 6.10 Å². The number of piperidine rings is 3. The molecule has 3 aliphatic heterocycles. The second-order valence-electron chi connectivity index (χ2n) is 10.7. The summed E-state index contributed by atoms with van der Waals surface area (Å²) in [6, 6.07) is 13.5. The number of nitrogens with zero attached hydrogens (tertiary/aromatic N) is 1. The van der Waals surface area contributed by atoms with Crippen LogP contribution in [0.1, 0.15) is 61.9 Å². The summed E-state index contributed by atoms with van der Waals surface area (Å²) in [7, 11) is 0. The van der Waals surface area contributed by atoms with Gasteiger partial charge in [0.05, 0.1) is 6.04 Å². The van der Waals surface area contributed by atoms with E-state index >= 15 is 0 Å². The number of carbonyl (C=O) groups excluding carboxylic acids is 1. The molecule has 4 heteroatoms. The highest BCUT2D eigenvalue weighted by Gasteiger charge is 2.42. The maximum Gasteiger partial charge on any atom is 0.407 e. The van der Waals surface area contributed by atoms with Gasteiger partial charge in [0, 0.05) is 6.54 Å². The number of fused-ring (bicyclic) bond motifs is 4. The predicted molar refractivity (Wildman–Crippen MR) is 129 cm³/mol. The predicted octanol–water partition coefficient (Wildman–Crippen LogP) is 5.67. The van der Waals surface area contributed by atoms with Gasteiger partial charge in [-0.2, -0.15) is 0 Å². The van der Waals surface area contributed by atoms with Gasteiger partial charge in [-0.25, -0.2) is 4.79 Å². The van der Waals surface area contributed by atoms with Gasteiger partial charge in [-0.05, 0) is 90.4 Å². The zero-order valence-corrected chi connectivity index (χ0v) is 19.9. The molecule has 2 aromatic carbocycles.